The van der Waals surface area contributed by atoms with Crippen LogP contribution in [0.5, 0.6) is 0 Å². The van der Waals surface area contributed by atoms with Crippen molar-refractivity contribution < 1.29 is 9.59 Å². The first kappa shape index (κ1) is 13.9. The van der Waals surface area contributed by atoms with Crippen molar-refractivity contribution in [2.75, 3.05) is 20.6 Å². The average Bonchev–Trinajstić information content (AvgIpc) is 2.16. The van der Waals surface area contributed by atoms with Crippen molar-refractivity contribution in [2.45, 2.75) is 32.2 Å². The molecular formula is C10H21N3O2. The van der Waals surface area contributed by atoms with E-state index >= 15 is 0 Å². The van der Waals surface area contributed by atoms with Gasteiger partial charge in [0, 0.05) is 14.1 Å². The molecule has 0 spiro atoms. The summed E-state index contributed by atoms with van der Waals surface area (Å²) in [5, 5.41) is 2.46. The smallest absolute Gasteiger partial charge is 0.242 e. The van der Waals surface area contributed by atoms with E-state index in [0.717, 1.165) is 6.42 Å². The van der Waals surface area contributed by atoms with Gasteiger partial charge in [0.15, 0.2) is 0 Å². The Kier molecular flexibility index (Phi) is 5.28. The highest BCUT2D eigenvalue weighted by atomic mass is 16.2. The maximum atomic E-state index is 11.8. The van der Waals surface area contributed by atoms with Gasteiger partial charge in [-0.15, -0.1) is 0 Å². The Labute approximate surface area is 91.0 Å². The Bertz CT molecular complexity index is 239. The molecule has 15 heavy (non-hydrogen) atoms. The molecule has 0 saturated heterocycles. The zero-order valence-corrected chi connectivity index (χ0v) is 9.96. The summed E-state index contributed by atoms with van der Waals surface area (Å²) < 4.78 is 0. The fraction of sp³-hybridized carbons (Fsp3) is 0.800. The predicted octanol–water partition coefficient (Wildman–Crippen LogP) is -0.292. The van der Waals surface area contributed by atoms with Gasteiger partial charge in [0.25, 0.3) is 0 Å². The van der Waals surface area contributed by atoms with E-state index in [1.165, 1.54) is 11.9 Å². The molecule has 0 saturated carbocycles. The van der Waals surface area contributed by atoms with Crippen molar-refractivity contribution in [3.63, 3.8) is 0 Å². The van der Waals surface area contributed by atoms with Gasteiger partial charge in [0.05, 0.1) is 12.1 Å². The molecule has 1 atom stereocenters. The lowest BCUT2D eigenvalue weighted by molar-refractivity contribution is -0.138. The van der Waals surface area contributed by atoms with Gasteiger partial charge in [0.1, 0.15) is 0 Å². The molecule has 0 aliphatic carbocycles. The molecule has 0 aromatic heterocycles. The van der Waals surface area contributed by atoms with Crippen molar-refractivity contribution in [2.24, 2.45) is 5.73 Å². The number of carbonyl (C=O) groups excluding carboxylic acids is 2. The quantitative estimate of drug-likeness (QED) is 0.661. The normalized spacial score (nSPS) is 14.2. The second-order valence-corrected chi connectivity index (χ2v) is 4.00. The first-order valence-corrected chi connectivity index (χ1v) is 5.10. The van der Waals surface area contributed by atoms with Gasteiger partial charge in [-0.2, -0.15) is 0 Å². The standard InChI is InChI=1S/C10H21N3O2/c1-5-6-10(2,11)9(15)13(4)7-8(14)12-3/h5-7,11H2,1-4H3,(H,12,14). The van der Waals surface area contributed by atoms with E-state index in [4.69, 9.17) is 5.73 Å². The second kappa shape index (κ2) is 5.70. The van der Waals surface area contributed by atoms with E-state index in [9.17, 15) is 9.59 Å². The minimum Gasteiger partial charge on any atom is -0.358 e. The second-order valence-electron chi connectivity index (χ2n) is 4.00. The van der Waals surface area contributed by atoms with Crippen LogP contribution in [0.15, 0.2) is 0 Å². The number of hydrogen-bond donors (Lipinski definition) is 2. The predicted molar refractivity (Wildman–Crippen MR) is 59.2 cm³/mol. The summed E-state index contributed by atoms with van der Waals surface area (Å²) in [6.07, 6.45) is 1.45. The molecule has 88 valence electrons. The van der Waals surface area contributed by atoms with E-state index in [2.05, 4.69) is 5.32 Å². The molecule has 0 aromatic rings. The topological polar surface area (TPSA) is 75.4 Å². The van der Waals surface area contributed by atoms with Crippen LogP contribution in [0.2, 0.25) is 0 Å². The first-order chi connectivity index (χ1) is 6.85. The number of nitrogens with one attached hydrogen (secondary N) is 1. The van der Waals surface area contributed by atoms with Gasteiger partial charge in [-0.05, 0) is 13.3 Å². The highest BCUT2D eigenvalue weighted by Gasteiger charge is 2.30. The minimum absolute atomic E-state index is 0.0475. The molecule has 0 radical (unpaired) electrons. The van der Waals surface area contributed by atoms with Gasteiger partial charge in [0.2, 0.25) is 11.8 Å². The van der Waals surface area contributed by atoms with Crippen molar-refractivity contribution in [3.8, 4) is 0 Å². The fourth-order valence-corrected chi connectivity index (χ4v) is 1.43. The molecule has 0 aliphatic heterocycles. The SMILES string of the molecule is CCCC(C)(N)C(=O)N(C)CC(=O)NC. The summed E-state index contributed by atoms with van der Waals surface area (Å²) in [4.78, 5) is 24.2. The Morgan fingerprint density at radius 3 is 2.40 bits per heavy atom. The van der Waals surface area contributed by atoms with Crippen LogP contribution in [0, 0.1) is 0 Å². The molecule has 5 heteroatoms. The number of carbonyl (C=O) groups is 2. The Morgan fingerprint density at radius 2 is 2.00 bits per heavy atom. The Balaban J connectivity index is 4.36. The van der Waals surface area contributed by atoms with Crippen LogP contribution in [0.1, 0.15) is 26.7 Å². The molecule has 0 rings (SSSR count). The third kappa shape index (κ3) is 4.29. The number of nitrogens with two attached hydrogens (primary N) is 1. The van der Waals surface area contributed by atoms with Gasteiger partial charge in [-0.3, -0.25) is 9.59 Å². The van der Waals surface area contributed by atoms with Crippen LogP contribution in [0.25, 0.3) is 0 Å². The lowest BCUT2D eigenvalue weighted by Gasteiger charge is -2.28. The van der Waals surface area contributed by atoms with Gasteiger partial charge in [-0.25, -0.2) is 0 Å². The van der Waals surface area contributed by atoms with Crippen LogP contribution in [0.4, 0.5) is 0 Å². The molecule has 5 nitrogen and oxygen atoms in total. The summed E-state index contributed by atoms with van der Waals surface area (Å²) in [6.45, 7) is 3.71. The number of nitrogens with zero attached hydrogens (tertiary/aromatic N) is 1. The van der Waals surface area contributed by atoms with E-state index in [1.54, 1.807) is 14.0 Å². The molecule has 0 fully saturated rings. The summed E-state index contributed by atoms with van der Waals surface area (Å²) >= 11 is 0. The summed E-state index contributed by atoms with van der Waals surface area (Å²) in [5.74, 6) is -0.397. The van der Waals surface area contributed by atoms with Crippen LogP contribution >= 0.6 is 0 Å². The van der Waals surface area contributed by atoms with Crippen molar-refractivity contribution >= 4 is 11.8 Å². The molecule has 0 aromatic carbocycles. The lowest BCUT2D eigenvalue weighted by Crippen LogP contribution is -2.53. The maximum absolute atomic E-state index is 11.8. The zero-order chi connectivity index (χ0) is 12.1. The minimum atomic E-state index is -0.877. The van der Waals surface area contributed by atoms with Gasteiger partial charge >= 0.3 is 0 Å². The van der Waals surface area contributed by atoms with Gasteiger partial charge in [-0.1, -0.05) is 13.3 Å². The van der Waals surface area contributed by atoms with Crippen LogP contribution in [-0.4, -0.2) is 42.9 Å². The number of amides is 2. The van der Waals surface area contributed by atoms with Crippen LogP contribution in [0.3, 0.4) is 0 Å². The average molecular weight is 215 g/mol. The van der Waals surface area contributed by atoms with Crippen LogP contribution < -0.4 is 11.1 Å². The van der Waals surface area contributed by atoms with Crippen molar-refractivity contribution in [1.82, 2.24) is 10.2 Å². The Hall–Kier alpha value is -1.10. The van der Waals surface area contributed by atoms with Crippen LogP contribution in [-0.2, 0) is 9.59 Å². The Morgan fingerprint density at radius 1 is 1.47 bits per heavy atom. The molecule has 2 amide bonds. The summed E-state index contributed by atoms with van der Waals surface area (Å²) in [7, 11) is 3.12. The summed E-state index contributed by atoms with van der Waals surface area (Å²) in [5.41, 5.74) is 4.99. The highest BCUT2D eigenvalue weighted by molar-refractivity contribution is 5.89. The largest absolute Gasteiger partial charge is 0.358 e. The molecule has 1 unspecified atom stereocenters. The lowest BCUT2D eigenvalue weighted by atomic mass is 9.96. The van der Waals surface area contributed by atoms with E-state index < -0.39 is 5.54 Å². The van der Waals surface area contributed by atoms with E-state index in [1.807, 2.05) is 6.92 Å². The first-order valence-electron chi connectivity index (χ1n) is 5.10. The van der Waals surface area contributed by atoms with Gasteiger partial charge < -0.3 is 16.0 Å². The van der Waals surface area contributed by atoms with Crippen molar-refractivity contribution in [1.29, 1.82) is 0 Å². The maximum Gasteiger partial charge on any atom is 0.242 e. The molecule has 3 N–H and O–H groups in total. The van der Waals surface area contributed by atoms with E-state index in [-0.39, 0.29) is 18.4 Å². The number of rotatable bonds is 5. The van der Waals surface area contributed by atoms with E-state index in [0.29, 0.717) is 6.42 Å². The molecule has 0 bridgehead atoms. The number of hydrogen-bond acceptors (Lipinski definition) is 3. The molecular weight excluding hydrogens is 194 g/mol. The zero-order valence-electron chi connectivity index (χ0n) is 9.96. The van der Waals surface area contributed by atoms with Crippen molar-refractivity contribution in [3.05, 3.63) is 0 Å². The monoisotopic (exact) mass is 215 g/mol. The third-order valence-corrected chi connectivity index (χ3v) is 2.26. The number of likely N-dealkylation sites (N-methyl/N-ethyl adjacent to an activating group) is 2. The highest BCUT2D eigenvalue weighted by Crippen LogP contribution is 2.11. The molecule has 0 heterocycles. The molecule has 0 aliphatic rings. The third-order valence-electron chi connectivity index (χ3n) is 2.26. The fourth-order valence-electron chi connectivity index (χ4n) is 1.43. The summed E-state index contributed by atoms with van der Waals surface area (Å²) in [6, 6.07) is 0.